The minimum absolute atomic E-state index is 0.00619. The molecule has 3 rings (SSSR count). The highest BCUT2D eigenvalue weighted by atomic mass is 16.5. The predicted octanol–water partition coefficient (Wildman–Crippen LogP) is 2.30. The van der Waals surface area contributed by atoms with Gasteiger partial charge in [-0.1, -0.05) is 36.4 Å². The maximum atomic E-state index is 12.2. The SMILES string of the molecule is Cc1cccc(C)c1OCC(O)CN1CCN(CC(=O)Nc2ccccc2)CC1. The number of hydrogen-bond donors (Lipinski definition) is 2. The number of β-amino-alcohol motifs (C(OH)–C–C–N with tert-alkyl or cyclic N) is 1. The van der Waals surface area contributed by atoms with Crippen molar-refractivity contribution in [1.82, 2.24) is 9.80 Å². The third kappa shape index (κ3) is 6.56. The molecule has 1 amide bonds. The molecule has 1 aliphatic rings. The first kappa shape index (κ1) is 21.3. The normalized spacial score (nSPS) is 16.4. The molecule has 1 heterocycles. The van der Waals surface area contributed by atoms with E-state index in [2.05, 4.69) is 15.1 Å². The van der Waals surface area contributed by atoms with Gasteiger partial charge in [-0.25, -0.2) is 0 Å². The van der Waals surface area contributed by atoms with Gasteiger partial charge >= 0.3 is 0 Å². The van der Waals surface area contributed by atoms with Crippen LogP contribution < -0.4 is 10.1 Å². The van der Waals surface area contributed by atoms with Crippen LogP contribution in [0, 0.1) is 13.8 Å². The summed E-state index contributed by atoms with van der Waals surface area (Å²) >= 11 is 0. The molecule has 0 radical (unpaired) electrons. The first-order valence-corrected chi connectivity index (χ1v) is 10.2. The van der Waals surface area contributed by atoms with Gasteiger partial charge in [-0.05, 0) is 37.1 Å². The monoisotopic (exact) mass is 397 g/mol. The molecule has 1 saturated heterocycles. The summed E-state index contributed by atoms with van der Waals surface area (Å²) in [4.78, 5) is 16.6. The maximum absolute atomic E-state index is 12.2. The second-order valence-corrected chi connectivity index (χ2v) is 7.68. The number of para-hydroxylation sites is 2. The highest BCUT2D eigenvalue weighted by Gasteiger charge is 2.21. The summed E-state index contributed by atoms with van der Waals surface area (Å²) in [5.74, 6) is 0.868. The lowest BCUT2D eigenvalue weighted by molar-refractivity contribution is -0.117. The molecule has 0 saturated carbocycles. The van der Waals surface area contributed by atoms with Gasteiger partial charge in [0.1, 0.15) is 18.5 Å². The molecule has 2 aromatic carbocycles. The zero-order valence-corrected chi connectivity index (χ0v) is 17.3. The van der Waals surface area contributed by atoms with Crippen molar-refractivity contribution in [2.75, 3.05) is 51.2 Å². The van der Waals surface area contributed by atoms with Crippen LogP contribution in [-0.4, -0.2) is 72.8 Å². The average Bonchev–Trinajstić information content (AvgIpc) is 2.70. The van der Waals surface area contributed by atoms with Crippen LogP contribution in [0.4, 0.5) is 5.69 Å². The molecule has 0 spiro atoms. The summed E-state index contributed by atoms with van der Waals surface area (Å²) in [7, 11) is 0. The lowest BCUT2D eigenvalue weighted by Crippen LogP contribution is -2.50. The molecule has 1 unspecified atom stereocenters. The van der Waals surface area contributed by atoms with Crippen LogP contribution in [0.15, 0.2) is 48.5 Å². The molecular formula is C23H31N3O3. The van der Waals surface area contributed by atoms with Crippen molar-refractivity contribution >= 4 is 11.6 Å². The summed E-state index contributed by atoms with van der Waals surface area (Å²) in [5.41, 5.74) is 2.99. The number of nitrogens with one attached hydrogen (secondary N) is 1. The zero-order valence-electron chi connectivity index (χ0n) is 17.3. The number of carbonyl (C=O) groups excluding carboxylic acids is 1. The van der Waals surface area contributed by atoms with Gasteiger partial charge in [-0.2, -0.15) is 0 Å². The van der Waals surface area contributed by atoms with E-state index in [0.29, 0.717) is 13.1 Å². The van der Waals surface area contributed by atoms with Gasteiger partial charge in [0, 0.05) is 38.4 Å². The lowest BCUT2D eigenvalue weighted by Gasteiger charge is -2.35. The fourth-order valence-corrected chi connectivity index (χ4v) is 3.61. The smallest absolute Gasteiger partial charge is 0.238 e. The van der Waals surface area contributed by atoms with Crippen molar-refractivity contribution in [3.05, 3.63) is 59.7 Å². The molecule has 0 aromatic heterocycles. The lowest BCUT2D eigenvalue weighted by atomic mass is 10.1. The molecule has 0 bridgehead atoms. The molecule has 6 nitrogen and oxygen atoms in total. The van der Waals surface area contributed by atoms with E-state index in [9.17, 15) is 9.90 Å². The Kier molecular flexibility index (Phi) is 7.63. The molecule has 2 N–H and O–H groups in total. The number of aliphatic hydroxyl groups excluding tert-OH is 1. The fourth-order valence-electron chi connectivity index (χ4n) is 3.61. The third-order valence-electron chi connectivity index (χ3n) is 5.19. The van der Waals surface area contributed by atoms with E-state index in [1.807, 2.05) is 62.4 Å². The van der Waals surface area contributed by atoms with E-state index in [0.717, 1.165) is 48.7 Å². The van der Waals surface area contributed by atoms with Crippen molar-refractivity contribution < 1.29 is 14.6 Å². The van der Waals surface area contributed by atoms with Crippen molar-refractivity contribution in [3.63, 3.8) is 0 Å². The standard InChI is InChI=1S/C23H31N3O3/c1-18-7-6-8-19(2)23(18)29-17-21(27)15-25-11-13-26(14-12-25)16-22(28)24-20-9-4-3-5-10-20/h3-10,21,27H,11-17H2,1-2H3,(H,24,28). The predicted molar refractivity (Wildman–Crippen MR) is 115 cm³/mol. The van der Waals surface area contributed by atoms with E-state index in [4.69, 9.17) is 4.74 Å². The number of piperazine rings is 1. The number of hydrogen-bond acceptors (Lipinski definition) is 5. The second-order valence-electron chi connectivity index (χ2n) is 7.68. The van der Waals surface area contributed by atoms with Gasteiger partial charge < -0.3 is 15.2 Å². The molecule has 1 aliphatic heterocycles. The average molecular weight is 398 g/mol. The Morgan fingerprint density at radius 3 is 2.28 bits per heavy atom. The van der Waals surface area contributed by atoms with Crippen molar-refractivity contribution in [1.29, 1.82) is 0 Å². The number of anilines is 1. The van der Waals surface area contributed by atoms with E-state index in [1.54, 1.807) is 0 Å². The number of benzene rings is 2. The molecule has 6 heteroatoms. The minimum Gasteiger partial charge on any atom is -0.490 e. The summed E-state index contributed by atoms with van der Waals surface area (Å²) in [5, 5.41) is 13.3. The van der Waals surface area contributed by atoms with Gasteiger partial charge in [-0.3, -0.25) is 14.6 Å². The fraction of sp³-hybridized carbons (Fsp3) is 0.435. The van der Waals surface area contributed by atoms with Gasteiger partial charge in [0.25, 0.3) is 0 Å². The van der Waals surface area contributed by atoms with Crippen LogP contribution in [0.1, 0.15) is 11.1 Å². The van der Waals surface area contributed by atoms with E-state index < -0.39 is 6.10 Å². The quantitative estimate of drug-likeness (QED) is 0.716. The maximum Gasteiger partial charge on any atom is 0.238 e. The Morgan fingerprint density at radius 1 is 1.00 bits per heavy atom. The van der Waals surface area contributed by atoms with Gasteiger partial charge in [0.05, 0.1) is 6.54 Å². The van der Waals surface area contributed by atoms with Crippen LogP contribution in [0.25, 0.3) is 0 Å². The topological polar surface area (TPSA) is 65.0 Å². The van der Waals surface area contributed by atoms with E-state index in [1.165, 1.54) is 0 Å². The number of rotatable bonds is 8. The first-order valence-electron chi connectivity index (χ1n) is 10.2. The largest absolute Gasteiger partial charge is 0.490 e. The molecule has 1 fully saturated rings. The molecular weight excluding hydrogens is 366 g/mol. The molecule has 1 atom stereocenters. The zero-order chi connectivity index (χ0) is 20.6. The number of aliphatic hydroxyl groups is 1. The van der Waals surface area contributed by atoms with Gasteiger partial charge in [-0.15, -0.1) is 0 Å². The van der Waals surface area contributed by atoms with Crippen LogP contribution in [0.3, 0.4) is 0 Å². The molecule has 2 aromatic rings. The summed E-state index contributed by atoms with van der Waals surface area (Å²) in [6.45, 7) is 8.57. The molecule has 29 heavy (non-hydrogen) atoms. The van der Waals surface area contributed by atoms with Crippen molar-refractivity contribution in [2.24, 2.45) is 0 Å². The number of carbonyl (C=O) groups is 1. The van der Waals surface area contributed by atoms with Crippen molar-refractivity contribution in [2.45, 2.75) is 20.0 Å². The van der Waals surface area contributed by atoms with Crippen LogP contribution in [-0.2, 0) is 4.79 Å². The first-order chi connectivity index (χ1) is 14.0. The van der Waals surface area contributed by atoms with Gasteiger partial charge in [0.2, 0.25) is 5.91 Å². The second kappa shape index (κ2) is 10.4. The van der Waals surface area contributed by atoms with Gasteiger partial charge in [0.15, 0.2) is 0 Å². The Balaban J connectivity index is 1.36. The Hall–Kier alpha value is -2.41. The highest BCUT2D eigenvalue weighted by molar-refractivity contribution is 5.92. The number of nitrogens with zero attached hydrogens (tertiary/aromatic N) is 2. The molecule has 0 aliphatic carbocycles. The van der Waals surface area contributed by atoms with Crippen LogP contribution in [0.5, 0.6) is 5.75 Å². The summed E-state index contributed by atoms with van der Waals surface area (Å²) in [6.07, 6.45) is -0.540. The van der Waals surface area contributed by atoms with E-state index in [-0.39, 0.29) is 12.5 Å². The van der Waals surface area contributed by atoms with Crippen LogP contribution >= 0.6 is 0 Å². The Morgan fingerprint density at radius 2 is 1.62 bits per heavy atom. The Bertz CT molecular complexity index is 769. The molecule has 156 valence electrons. The highest BCUT2D eigenvalue weighted by Crippen LogP contribution is 2.22. The number of aryl methyl sites for hydroxylation is 2. The summed E-state index contributed by atoms with van der Waals surface area (Å²) < 4.78 is 5.86. The third-order valence-corrected chi connectivity index (χ3v) is 5.19. The summed E-state index contributed by atoms with van der Waals surface area (Å²) in [6, 6.07) is 15.6. The van der Waals surface area contributed by atoms with Crippen LogP contribution in [0.2, 0.25) is 0 Å². The minimum atomic E-state index is -0.540. The Labute approximate surface area is 173 Å². The number of ether oxygens (including phenoxy) is 1. The van der Waals surface area contributed by atoms with Crippen molar-refractivity contribution in [3.8, 4) is 5.75 Å². The number of amides is 1. The van der Waals surface area contributed by atoms with E-state index >= 15 is 0 Å².